The molecule has 1 aromatic carbocycles. The van der Waals surface area contributed by atoms with Crippen molar-refractivity contribution in [3.63, 3.8) is 0 Å². The summed E-state index contributed by atoms with van der Waals surface area (Å²) in [7, 11) is 0. The monoisotopic (exact) mass is 257 g/mol. The number of halogens is 2. The van der Waals surface area contributed by atoms with E-state index in [1.165, 1.54) is 0 Å². The van der Waals surface area contributed by atoms with Crippen LogP contribution in [0.3, 0.4) is 0 Å². The molecule has 0 aromatic heterocycles. The van der Waals surface area contributed by atoms with E-state index in [9.17, 15) is 19.0 Å². The van der Waals surface area contributed by atoms with E-state index < -0.39 is 17.7 Å². The first-order valence-electron chi connectivity index (χ1n) is 6.09. The van der Waals surface area contributed by atoms with Crippen LogP contribution in [0.5, 0.6) is 0 Å². The van der Waals surface area contributed by atoms with E-state index in [1.807, 2.05) is 4.90 Å². The fourth-order valence-corrected chi connectivity index (χ4v) is 2.22. The smallest absolute Gasteiger partial charge is 0.126 e. The van der Waals surface area contributed by atoms with E-state index in [4.69, 9.17) is 0 Å². The van der Waals surface area contributed by atoms with Crippen molar-refractivity contribution in [2.24, 2.45) is 0 Å². The van der Waals surface area contributed by atoms with Gasteiger partial charge in [0.15, 0.2) is 0 Å². The lowest BCUT2D eigenvalue weighted by atomic mass is 10.0. The molecule has 0 aliphatic carbocycles. The molecule has 0 radical (unpaired) electrons. The van der Waals surface area contributed by atoms with Gasteiger partial charge in [0, 0.05) is 25.7 Å². The predicted molar refractivity (Wildman–Crippen MR) is 63.0 cm³/mol. The van der Waals surface area contributed by atoms with Crippen LogP contribution < -0.4 is 0 Å². The number of benzene rings is 1. The highest BCUT2D eigenvalue weighted by Gasteiger charge is 2.20. The molecule has 1 saturated heterocycles. The molecule has 0 spiro atoms. The van der Waals surface area contributed by atoms with Crippen LogP contribution in [0.1, 0.15) is 24.5 Å². The van der Waals surface area contributed by atoms with Crippen LogP contribution in [-0.4, -0.2) is 40.9 Å². The maximum absolute atomic E-state index is 13.0. The Kier molecular flexibility index (Phi) is 4.27. The summed E-state index contributed by atoms with van der Waals surface area (Å²) in [4.78, 5) is 1.99. The van der Waals surface area contributed by atoms with Crippen LogP contribution in [0.4, 0.5) is 8.78 Å². The van der Waals surface area contributed by atoms with E-state index >= 15 is 0 Å². The number of piperidine rings is 1. The standard InChI is InChI=1S/C13H17F2NO2/c14-10-5-9(6-11(15)7-10)13(18)8-16-3-1-12(17)2-4-16/h5-7,12-13,17-18H,1-4,8H2. The first-order chi connectivity index (χ1) is 8.54. The van der Waals surface area contributed by atoms with Crippen molar-refractivity contribution in [2.75, 3.05) is 19.6 Å². The second-order valence-corrected chi connectivity index (χ2v) is 4.75. The molecule has 3 nitrogen and oxygen atoms in total. The molecule has 1 unspecified atom stereocenters. The number of β-amino-alcohol motifs (C(OH)–C–C–N with tert-alkyl or cyclic N) is 1. The summed E-state index contributed by atoms with van der Waals surface area (Å²) in [5, 5.41) is 19.3. The van der Waals surface area contributed by atoms with Crippen molar-refractivity contribution in [1.29, 1.82) is 0 Å². The molecule has 1 atom stereocenters. The first-order valence-corrected chi connectivity index (χ1v) is 6.09. The second-order valence-electron chi connectivity index (χ2n) is 4.75. The van der Waals surface area contributed by atoms with Gasteiger partial charge in [-0.15, -0.1) is 0 Å². The number of hydrogen-bond donors (Lipinski definition) is 2. The van der Waals surface area contributed by atoms with Crippen LogP contribution in [0.25, 0.3) is 0 Å². The van der Waals surface area contributed by atoms with Gasteiger partial charge in [0.1, 0.15) is 11.6 Å². The predicted octanol–water partition coefficient (Wildman–Crippen LogP) is 1.45. The number of nitrogens with zero attached hydrogens (tertiary/aromatic N) is 1. The Labute approximate surface area is 105 Å². The third kappa shape index (κ3) is 3.48. The van der Waals surface area contributed by atoms with Crippen LogP contribution in [-0.2, 0) is 0 Å². The van der Waals surface area contributed by atoms with Gasteiger partial charge in [-0.05, 0) is 30.5 Å². The molecule has 100 valence electrons. The van der Waals surface area contributed by atoms with Crippen molar-refractivity contribution in [1.82, 2.24) is 4.90 Å². The van der Waals surface area contributed by atoms with E-state index in [1.54, 1.807) is 0 Å². The number of aliphatic hydroxyl groups is 2. The molecule has 1 aliphatic heterocycles. The zero-order chi connectivity index (χ0) is 13.1. The highest BCUT2D eigenvalue weighted by atomic mass is 19.1. The van der Waals surface area contributed by atoms with Gasteiger partial charge in [-0.3, -0.25) is 0 Å². The summed E-state index contributed by atoms with van der Waals surface area (Å²) in [6.45, 7) is 1.71. The molecule has 0 bridgehead atoms. The Balaban J connectivity index is 1.96. The van der Waals surface area contributed by atoms with Crippen molar-refractivity contribution >= 4 is 0 Å². The number of rotatable bonds is 3. The van der Waals surface area contributed by atoms with Gasteiger partial charge in [0.2, 0.25) is 0 Å². The molecule has 0 amide bonds. The lowest BCUT2D eigenvalue weighted by Gasteiger charge is -2.31. The van der Waals surface area contributed by atoms with Crippen LogP contribution >= 0.6 is 0 Å². The van der Waals surface area contributed by atoms with Crippen LogP contribution in [0, 0.1) is 11.6 Å². The minimum atomic E-state index is -0.912. The Morgan fingerprint density at radius 2 is 1.72 bits per heavy atom. The van der Waals surface area contributed by atoms with Crippen molar-refractivity contribution < 1.29 is 19.0 Å². The Bertz CT molecular complexity index is 386. The number of likely N-dealkylation sites (tertiary alicyclic amines) is 1. The summed E-state index contributed by atoms with van der Waals surface area (Å²) in [5.41, 5.74) is 0.249. The second kappa shape index (κ2) is 5.73. The van der Waals surface area contributed by atoms with E-state index in [0.29, 0.717) is 32.5 Å². The molecule has 5 heteroatoms. The topological polar surface area (TPSA) is 43.7 Å². The van der Waals surface area contributed by atoms with Gasteiger partial charge in [-0.1, -0.05) is 0 Å². The van der Waals surface area contributed by atoms with Crippen molar-refractivity contribution in [3.05, 3.63) is 35.4 Å². The van der Waals surface area contributed by atoms with Gasteiger partial charge in [-0.2, -0.15) is 0 Å². The third-order valence-electron chi connectivity index (χ3n) is 3.26. The largest absolute Gasteiger partial charge is 0.393 e. The molecule has 2 N–H and O–H groups in total. The lowest BCUT2D eigenvalue weighted by Crippen LogP contribution is -2.38. The minimum absolute atomic E-state index is 0.249. The molecular formula is C13H17F2NO2. The Morgan fingerprint density at radius 1 is 1.17 bits per heavy atom. The van der Waals surface area contributed by atoms with Gasteiger partial charge in [-0.25, -0.2) is 8.78 Å². The number of aliphatic hydroxyl groups excluding tert-OH is 2. The van der Waals surface area contributed by atoms with Gasteiger partial charge in [0.05, 0.1) is 12.2 Å². The van der Waals surface area contributed by atoms with Crippen LogP contribution in [0.15, 0.2) is 18.2 Å². The maximum atomic E-state index is 13.0. The van der Waals surface area contributed by atoms with Gasteiger partial charge >= 0.3 is 0 Å². The Morgan fingerprint density at radius 3 is 2.28 bits per heavy atom. The fraction of sp³-hybridized carbons (Fsp3) is 0.538. The van der Waals surface area contributed by atoms with Crippen molar-refractivity contribution in [3.8, 4) is 0 Å². The quantitative estimate of drug-likeness (QED) is 0.861. The normalized spacial score (nSPS) is 20.0. The SMILES string of the molecule is OC1CCN(CC(O)c2cc(F)cc(F)c2)CC1. The summed E-state index contributed by atoms with van der Waals surface area (Å²) < 4.78 is 26.0. The van der Waals surface area contributed by atoms with E-state index in [2.05, 4.69) is 0 Å². The first kappa shape index (κ1) is 13.4. The summed E-state index contributed by atoms with van der Waals surface area (Å²) in [6, 6.07) is 3.08. The van der Waals surface area contributed by atoms with E-state index in [0.717, 1.165) is 18.2 Å². The lowest BCUT2D eigenvalue weighted by molar-refractivity contribution is 0.0506. The highest BCUT2D eigenvalue weighted by molar-refractivity contribution is 5.20. The molecule has 1 heterocycles. The molecule has 1 fully saturated rings. The summed E-state index contributed by atoms with van der Waals surface area (Å²) in [5.74, 6) is -1.36. The zero-order valence-corrected chi connectivity index (χ0v) is 10.0. The molecule has 0 saturated carbocycles. The number of hydrogen-bond acceptors (Lipinski definition) is 3. The molecule has 1 aliphatic rings. The minimum Gasteiger partial charge on any atom is -0.393 e. The molecule has 2 rings (SSSR count). The average molecular weight is 257 g/mol. The fourth-order valence-electron chi connectivity index (χ4n) is 2.22. The molecule has 1 aromatic rings. The van der Waals surface area contributed by atoms with Gasteiger partial charge < -0.3 is 15.1 Å². The maximum Gasteiger partial charge on any atom is 0.126 e. The molecular weight excluding hydrogens is 240 g/mol. The zero-order valence-electron chi connectivity index (χ0n) is 10.0. The van der Waals surface area contributed by atoms with Gasteiger partial charge in [0.25, 0.3) is 0 Å². The average Bonchev–Trinajstić information content (AvgIpc) is 2.31. The summed E-state index contributed by atoms with van der Waals surface area (Å²) >= 11 is 0. The summed E-state index contributed by atoms with van der Waals surface area (Å²) in [6.07, 6.45) is 0.157. The highest BCUT2D eigenvalue weighted by Crippen LogP contribution is 2.19. The van der Waals surface area contributed by atoms with E-state index in [-0.39, 0.29) is 11.7 Å². The van der Waals surface area contributed by atoms with Crippen molar-refractivity contribution in [2.45, 2.75) is 25.0 Å². The third-order valence-corrected chi connectivity index (χ3v) is 3.26. The molecule has 18 heavy (non-hydrogen) atoms. The Hall–Kier alpha value is -1.04. The van der Waals surface area contributed by atoms with Crippen LogP contribution in [0.2, 0.25) is 0 Å².